The third kappa shape index (κ3) is 3.23. The molecule has 0 spiro atoms. The lowest BCUT2D eigenvalue weighted by Gasteiger charge is -2.10. The third-order valence-corrected chi connectivity index (χ3v) is 6.25. The molecule has 0 atom stereocenters. The average Bonchev–Trinajstić information content (AvgIpc) is 3.19. The maximum Gasteiger partial charge on any atom is 0.259 e. The molecule has 0 aliphatic heterocycles. The first-order chi connectivity index (χ1) is 14.2. The van der Waals surface area contributed by atoms with Crippen LogP contribution in [0, 0.1) is 6.92 Å². The molecule has 0 saturated heterocycles. The number of nitrogens with zero attached hydrogens (tertiary/aromatic N) is 3. The molecule has 4 heterocycles. The normalized spacial score (nSPS) is 11.3. The Bertz CT molecular complexity index is 1390. The molecule has 0 aliphatic rings. The summed E-state index contributed by atoms with van der Waals surface area (Å²) >= 11 is 1.60. The number of pyridine rings is 3. The van der Waals surface area contributed by atoms with Crippen LogP contribution in [0.15, 0.2) is 77.3 Å². The second-order valence-electron chi connectivity index (χ2n) is 7.13. The molecular formula is C24H19N3OS. The minimum Gasteiger partial charge on any atom is -0.315 e. The standard InChI is InChI=1S/C24H19N3OS/c1-16-14-18-4-2-3-5-21(18)26-20(16)8-12-27-13-9-22-23(24(27)28)19(15-29-22)17-6-10-25-11-7-17/h2-7,9-11,13-15H,8,12H2,1H3. The van der Waals surface area contributed by atoms with E-state index in [0.717, 1.165) is 49.8 Å². The first-order valence-electron chi connectivity index (χ1n) is 9.57. The molecule has 5 heteroatoms. The lowest BCUT2D eigenvalue weighted by Crippen LogP contribution is -2.20. The summed E-state index contributed by atoms with van der Waals surface area (Å²) in [5.41, 5.74) is 5.24. The van der Waals surface area contributed by atoms with Crippen LogP contribution in [-0.4, -0.2) is 14.5 Å². The number of aromatic nitrogens is 3. The van der Waals surface area contributed by atoms with Gasteiger partial charge >= 0.3 is 0 Å². The molecule has 0 radical (unpaired) electrons. The van der Waals surface area contributed by atoms with E-state index in [1.165, 1.54) is 0 Å². The fraction of sp³-hybridized carbons (Fsp3) is 0.125. The minimum atomic E-state index is 0.0500. The lowest BCUT2D eigenvalue weighted by molar-refractivity contribution is 0.665. The zero-order chi connectivity index (χ0) is 19.8. The molecule has 5 rings (SSSR count). The topological polar surface area (TPSA) is 47.8 Å². The number of rotatable bonds is 4. The van der Waals surface area contributed by atoms with E-state index in [0.29, 0.717) is 6.54 Å². The number of fused-ring (bicyclic) bond motifs is 2. The van der Waals surface area contributed by atoms with Crippen LogP contribution in [0.4, 0.5) is 0 Å². The molecule has 5 aromatic rings. The number of benzene rings is 1. The van der Waals surface area contributed by atoms with Gasteiger partial charge in [-0.15, -0.1) is 11.3 Å². The van der Waals surface area contributed by atoms with Crippen molar-refractivity contribution < 1.29 is 0 Å². The molecule has 0 saturated carbocycles. The number of thiophene rings is 1. The fourth-order valence-electron chi connectivity index (χ4n) is 3.75. The van der Waals surface area contributed by atoms with Crippen molar-refractivity contribution in [3.8, 4) is 11.1 Å². The number of hydrogen-bond donors (Lipinski definition) is 0. The van der Waals surface area contributed by atoms with Gasteiger partial charge in [0.2, 0.25) is 0 Å². The zero-order valence-corrected chi connectivity index (χ0v) is 16.8. The Morgan fingerprint density at radius 1 is 1.07 bits per heavy atom. The Hall–Kier alpha value is -3.31. The molecule has 4 aromatic heterocycles. The SMILES string of the molecule is Cc1cc2ccccc2nc1CCn1ccc2scc(-c3ccncc3)c2c1=O. The van der Waals surface area contributed by atoms with Crippen molar-refractivity contribution in [3.63, 3.8) is 0 Å². The summed E-state index contributed by atoms with van der Waals surface area (Å²) in [5, 5.41) is 3.99. The van der Waals surface area contributed by atoms with Crippen LogP contribution in [0.1, 0.15) is 11.3 Å². The van der Waals surface area contributed by atoms with Gasteiger partial charge in [0.1, 0.15) is 0 Å². The summed E-state index contributed by atoms with van der Waals surface area (Å²) in [6, 6.07) is 16.2. The first kappa shape index (κ1) is 17.8. The van der Waals surface area contributed by atoms with Crippen LogP contribution in [0.3, 0.4) is 0 Å². The smallest absolute Gasteiger partial charge is 0.259 e. The van der Waals surface area contributed by atoms with Crippen LogP contribution in [0.2, 0.25) is 0 Å². The second-order valence-corrected chi connectivity index (χ2v) is 8.04. The predicted octanol–water partition coefficient (Wildman–Crippen LogP) is 5.22. The van der Waals surface area contributed by atoms with Crippen molar-refractivity contribution in [2.24, 2.45) is 0 Å². The van der Waals surface area contributed by atoms with E-state index in [9.17, 15) is 4.79 Å². The van der Waals surface area contributed by atoms with Gasteiger partial charge in [-0.3, -0.25) is 14.8 Å². The minimum absolute atomic E-state index is 0.0500. The molecule has 0 amide bonds. The highest BCUT2D eigenvalue weighted by molar-refractivity contribution is 7.17. The molecule has 142 valence electrons. The molecule has 0 N–H and O–H groups in total. The quantitative estimate of drug-likeness (QED) is 0.417. The monoisotopic (exact) mass is 397 g/mol. The largest absolute Gasteiger partial charge is 0.315 e. The second kappa shape index (κ2) is 7.26. The summed E-state index contributed by atoms with van der Waals surface area (Å²) in [7, 11) is 0. The summed E-state index contributed by atoms with van der Waals surface area (Å²) in [4.78, 5) is 22.1. The van der Waals surface area contributed by atoms with E-state index in [1.807, 2.05) is 42.6 Å². The Kier molecular flexibility index (Phi) is 4.45. The van der Waals surface area contributed by atoms with Gasteiger partial charge in [-0.2, -0.15) is 0 Å². The molecule has 0 bridgehead atoms. The van der Waals surface area contributed by atoms with Gasteiger partial charge in [-0.25, -0.2) is 0 Å². The van der Waals surface area contributed by atoms with Gasteiger partial charge in [0.25, 0.3) is 5.56 Å². The van der Waals surface area contributed by atoms with E-state index in [1.54, 1.807) is 28.3 Å². The van der Waals surface area contributed by atoms with Crippen LogP contribution in [-0.2, 0) is 13.0 Å². The van der Waals surface area contributed by atoms with E-state index >= 15 is 0 Å². The fourth-order valence-corrected chi connectivity index (χ4v) is 4.70. The van der Waals surface area contributed by atoms with Crippen LogP contribution >= 0.6 is 11.3 Å². The number of para-hydroxylation sites is 1. The first-order valence-corrected chi connectivity index (χ1v) is 10.4. The van der Waals surface area contributed by atoms with Crippen molar-refractivity contribution in [1.82, 2.24) is 14.5 Å². The van der Waals surface area contributed by atoms with E-state index in [2.05, 4.69) is 29.4 Å². The van der Waals surface area contributed by atoms with E-state index in [4.69, 9.17) is 4.98 Å². The average molecular weight is 398 g/mol. The highest BCUT2D eigenvalue weighted by Gasteiger charge is 2.12. The van der Waals surface area contributed by atoms with Gasteiger partial charge in [0.15, 0.2) is 0 Å². The third-order valence-electron chi connectivity index (χ3n) is 5.30. The van der Waals surface area contributed by atoms with Crippen molar-refractivity contribution in [2.75, 3.05) is 0 Å². The van der Waals surface area contributed by atoms with Gasteiger partial charge in [-0.05, 0) is 48.4 Å². The number of aryl methyl sites for hydroxylation is 3. The molecule has 0 aliphatic carbocycles. The predicted molar refractivity (Wildman–Crippen MR) is 120 cm³/mol. The summed E-state index contributed by atoms with van der Waals surface area (Å²) in [5.74, 6) is 0. The highest BCUT2D eigenvalue weighted by atomic mass is 32.1. The zero-order valence-electron chi connectivity index (χ0n) is 16.0. The Morgan fingerprint density at radius 3 is 2.76 bits per heavy atom. The summed E-state index contributed by atoms with van der Waals surface area (Å²) < 4.78 is 2.81. The van der Waals surface area contributed by atoms with Crippen molar-refractivity contribution in [3.05, 3.63) is 94.1 Å². The Labute approximate surface area is 172 Å². The molecule has 29 heavy (non-hydrogen) atoms. The summed E-state index contributed by atoms with van der Waals surface area (Å²) in [6.07, 6.45) is 6.13. The van der Waals surface area contributed by atoms with E-state index in [-0.39, 0.29) is 5.56 Å². The van der Waals surface area contributed by atoms with Gasteiger partial charge in [-0.1, -0.05) is 18.2 Å². The van der Waals surface area contributed by atoms with Crippen LogP contribution in [0.25, 0.3) is 32.1 Å². The van der Waals surface area contributed by atoms with E-state index < -0.39 is 0 Å². The molecular weight excluding hydrogens is 378 g/mol. The number of hydrogen-bond acceptors (Lipinski definition) is 4. The summed E-state index contributed by atoms with van der Waals surface area (Å²) in [6.45, 7) is 2.69. The van der Waals surface area contributed by atoms with Gasteiger partial charge in [0, 0.05) is 58.3 Å². The van der Waals surface area contributed by atoms with Crippen molar-refractivity contribution in [2.45, 2.75) is 19.9 Å². The molecule has 4 nitrogen and oxygen atoms in total. The van der Waals surface area contributed by atoms with Crippen molar-refractivity contribution >= 4 is 32.3 Å². The van der Waals surface area contributed by atoms with Crippen LogP contribution < -0.4 is 5.56 Å². The van der Waals surface area contributed by atoms with Gasteiger partial charge in [0.05, 0.1) is 10.9 Å². The Morgan fingerprint density at radius 2 is 1.90 bits per heavy atom. The molecule has 1 aromatic carbocycles. The lowest BCUT2D eigenvalue weighted by atomic mass is 10.1. The van der Waals surface area contributed by atoms with Crippen molar-refractivity contribution in [1.29, 1.82) is 0 Å². The molecule has 0 unspecified atom stereocenters. The maximum atomic E-state index is 13.2. The highest BCUT2D eigenvalue weighted by Crippen LogP contribution is 2.31. The maximum absolute atomic E-state index is 13.2. The Balaban J connectivity index is 1.51. The van der Waals surface area contributed by atoms with Gasteiger partial charge < -0.3 is 4.57 Å². The molecule has 0 fully saturated rings. The van der Waals surface area contributed by atoms with Crippen LogP contribution in [0.5, 0.6) is 0 Å².